The Bertz CT molecular complexity index is 719. The topological polar surface area (TPSA) is 36.4 Å². The number of nitrogens with zero attached hydrogens (tertiary/aromatic N) is 3. The number of carbonyl (C=O) groups is 1. The summed E-state index contributed by atoms with van der Waals surface area (Å²) >= 11 is 0. The van der Waals surface area contributed by atoms with E-state index in [9.17, 15) is 4.79 Å². The summed E-state index contributed by atoms with van der Waals surface area (Å²) < 4.78 is 0. The molecule has 0 unspecified atom stereocenters. The van der Waals surface area contributed by atoms with E-state index in [-0.39, 0.29) is 12.0 Å². The van der Waals surface area contributed by atoms with E-state index in [2.05, 4.69) is 57.2 Å². The first-order valence-electron chi connectivity index (χ1n) is 9.78. The van der Waals surface area contributed by atoms with E-state index in [1.54, 1.807) is 0 Å². The molecule has 136 valence electrons. The molecule has 2 fully saturated rings. The van der Waals surface area contributed by atoms with Crippen LogP contribution in [-0.2, 0) is 11.3 Å². The molecule has 2 saturated heterocycles. The number of amides is 1. The molecule has 0 N–H and O–H groups in total. The highest BCUT2D eigenvalue weighted by Crippen LogP contribution is 2.34. The third-order valence-electron chi connectivity index (χ3n) is 5.73. The van der Waals surface area contributed by atoms with Crippen LogP contribution in [0.2, 0.25) is 0 Å². The van der Waals surface area contributed by atoms with Crippen molar-refractivity contribution in [3.05, 3.63) is 66.0 Å². The van der Waals surface area contributed by atoms with Gasteiger partial charge in [0, 0.05) is 32.0 Å². The second kappa shape index (κ2) is 8.00. The van der Waals surface area contributed by atoms with E-state index in [0.717, 1.165) is 51.9 Å². The zero-order valence-corrected chi connectivity index (χ0v) is 15.3. The average Bonchev–Trinajstić information content (AvgIpc) is 3.19. The number of rotatable bonds is 4. The minimum atomic E-state index is 0.134. The summed E-state index contributed by atoms with van der Waals surface area (Å²) in [5.74, 6) is 0.483. The molecule has 0 aliphatic carbocycles. The van der Waals surface area contributed by atoms with Crippen molar-refractivity contribution in [2.24, 2.45) is 5.92 Å². The lowest BCUT2D eigenvalue weighted by Crippen LogP contribution is -2.44. The predicted molar refractivity (Wildman–Crippen MR) is 102 cm³/mol. The Morgan fingerprint density at radius 2 is 1.77 bits per heavy atom. The van der Waals surface area contributed by atoms with Crippen LogP contribution in [-0.4, -0.2) is 40.3 Å². The highest BCUT2D eigenvalue weighted by molar-refractivity contribution is 5.80. The summed E-state index contributed by atoms with van der Waals surface area (Å²) in [7, 11) is 0. The molecule has 1 aromatic carbocycles. The standard InChI is InChI=1S/C22H27N3O/c26-22(25-15-5-9-21(25)19-10-12-23-13-11-19)20-8-4-14-24(17-20)16-18-6-2-1-3-7-18/h1-3,6-7,10-13,20-21H,4-5,8-9,14-17H2/t20-,21+/m1/s1. The van der Waals surface area contributed by atoms with Crippen molar-refractivity contribution in [1.29, 1.82) is 0 Å². The predicted octanol–water partition coefficient (Wildman–Crippen LogP) is 3.66. The van der Waals surface area contributed by atoms with Gasteiger partial charge in [0.1, 0.15) is 0 Å². The molecule has 0 radical (unpaired) electrons. The molecule has 2 aliphatic heterocycles. The lowest BCUT2D eigenvalue weighted by atomic mass is 9.95. The zero-order valence-electron chi connectivity index (χ0n) is 15.3. The maximum Gasteiger partial charge on any atom is 0.227 e. The minimum Gasteiger partial charge on any atom is -0.335 e. The van der Waals surface area contributed by atoms with Gasteiger partial charge in [-0.1, -0.05) is 30.3 Å². The van der Waals surface area contributed by atoms with E-state index < -0.39 is 0 Å². The van der Waals surface area contributed by atoms with E-state index >= 15 is 0 Å². The first kappa shape index (κ1) is 17.2. The Morgan fingerprint density at radius 3 is 2.58 bits per heavy atom. The molecule has 4 nitrogen and oxygen atoms in total. The molecule has 4 heteroatoms. The van der Waals surface area contributed by atoms with Gasteiger partial charge in [-0.25, -0.2) is 0 Å². The zero-order chi connectivity index (χ0) is 17.8. The molecule has 3 heterocycles. The Morgan fingerprint density at radius 1 is 1.00 bits per heavy atom. The molecule has 2 atom stereocenters. The van der Waals surface area contributed by atoms with Crippen LogP contribution in [0, 0.1) is 5.92 Å². The van der Waals surface area contributed by atoms with Crippen molar-refractivity contribution in [2.45, 2.75) is 38.3 Å². The molecule has 2 aliphatic rings. The maximum atomic E-state index is 13.3. The molecule has 4 rings (SSSR count). The highest BCUT2D eigenvalue weighted by atomic mass is 16.2. The second-order valence-electron chi connectivity index (χ2n) is 7.53. The third-order valence-corrected chi connectivity index (χ3v) is 5.73. The number of piperidine rings is 1. The van der Waals surface area contributed by atoms with Gasteiger partial charge in [-0.05, 0) is 55.5 Å². The molecule has 1 aromatic heterocycles. The number of likely N-dealkylation sites (tertiary alicyclic amines) is 2. The second-order valence-corrected chi connectivity index (χ2v) is 7.53. The van der Waals surface area contributed by atoms with Crippen molar-refractivity contribution < 1.29 is 4.79 Å². The monoisotopic (exact) mass is 349 g/mol. The van der Waals surface area contributed by atoms with Crippen LogP contribution in [0.4, 0.5) is 0 Å². The van der Waals surface area contributed by atoms with Gasteiger partial charge in [0.15, 0.2) is 0 Å². The van der Waals surface area contributed by atoms with E-state index in [1.807, 2.05) is 12.4 Å². The third kappa shape index (κ3) is 3.80. The Labute approximate surface area is 155 Å². The minimum absolute atomic E-state index is 0.134. The molecule has 2 aromatic rings. The first-order valence-corrected chi connectivity index (χ1v) is 9.78. The van der Waals surface area contributed by atoms with Crippen molar-refractivity contribution in [3.63, 3.8) is 0 Å². The van der Waals surface area contributed by atoms with Gasteiger partial charge in [-0.3, -0.25) is 14.7 Å². The van der Waals surface area contributed by atoms with Crippen molar-refractivity contribution in [2.75, 3.05) is 19.6 Å². The van der Waals surface area contributed by atoms with E-state index in [1.165, 1.54) is 11.1 Å². The Kier molecular flexibility index (Phi) is 5.30. The molecular weight excluding hydrogens is 322 g/mol. The summed E-state index contributed by atoms with van der Waals surface area (Å²) in [4.78, 5) is 22.0. The molecule has 26 heavy (non-hydrogen) atoms. The van der Waals surface area contributed by atoms with Gasteiger partial charge < -0.3 is 4.90 Å². The van der Waals surface area contributed by atoms with Crippen LogP contribution in [0.1, 0.15) is 42.9 Å². The normalized spacial score (nSPS) is 23.9. The van der Waals surface area contributed by atoms with Crippen LogP contribution >= 0.6 is 0 Å². The Hall–Kier alpha value is -2.20. The summed E-state index contributed by atoms with van der Waals surface area (Å²) in [5.41, 5.74) is 2.55. The van der Waals surface area contributed by atoms with Gasteiger partial charge in [-0.2, -0.15) is 0 Å². The van der Waals surface area contributed by atoms with Gasteiger partial charge in [-0.15, -0.1) is 0 Å². The summed E-state index contributed by atoms with van der Waals surface area (Å²) in [6.45, 7) is 3.80. The van der Waals surface area contributed by atoms with Gasteiger partial charge in [0.05, 0.1) is 12.0 Å². The number of aromatic nitrogens is 1. The molecule has 0 saturated carbocycles. The number of hydrogen-bond donors (Lipinski definition) is 0. The largest absolute Gasteiger partial charge is 0.335 e. The van der Waals surface area contributed by atoms with Crippen LogP contribution in [0.3, 0.4) is 0 Å². The first-order chi connectivity index (χ1) is 12.8. The molecule has 0 spiro atoms. The van der Waals surface area contributed by atoms with E-state index in [4.69, 9.17) is 0 Å². The fourth-order valence-electron chi connectivity index (χ4n) is 4.44. The quantitative estimate of drug-likeness (QED) is 0.845. The van der Waals surface area contributed by atoms with E-state index in [0.29, 0.717) is 5.91 Å². The highest BCUT2D eigenvalue weighted by Gasteiger charge is 2.35. The molecule has 1 amide bonds. The molecular formula is C22H27N3O. The lowest BCUT2D eigenvalue weighted by Gasteiger charge is -2.35. The van der Waals surface area contributed by atoms with Gasteiger partial charge in [0.2, 0.25) is 5.91 Å². The van der Waals surface area contributed by atoms with Crippen LogP contribution in [0.5, 0.6) is 0 Å². The summed E-state index contributed by atoms with van der Waals surface area (Å²) in [5, 5.41) is 0. The maximum absolute atomic E-state index is 13.3. The number of hydrogen-bond acceptors (Lipinski definition) is 3. The fraction of sp³-hybridized carbons (Fsp3) is 0.455. The number of carbonyl (C=O) groups excluding carboxylic acids is 1. The van der Waals surface area contributed by atoms with Crippen molar-refractivity contribution in [3.8, 4) is 0 Å². The fourth-order valence-corrected chi connectivity index (χ4v) is 4.44. The SMILES string of the molecule is O=C([C@@H]1CCCN(Cc2ccccc2)C1)N1CCC[C@H]1c1ccncc1. The lowest BCUT2D eigenvalue weighted by molar-refractivity contribution is -0.138. The summed E-state index contributed by atoms with van der Waals surface area (Å²) in [6, 6.07) is 14.9. The number of pyridine rings is 1. The smallest absolute Gasteiger partial charge is 0.227 e. The van der Waals surface area contributed by atoms with Crippen molar-refractivity contribution in [1.82, 2.24) is 14.8 Å². The number of benzene rings is 1. The van der Waals surface area contributed by atoms with Crippen molar-refractivity contribution >= 4 is 5.91 Å². The Balaban J connectivity index is 1.42. The van der Waals surface area contributed by atoms with Crippen LogP contribution in [0.15, 0.2) is 54.9 Å². The molecule has 0 bridgehead atoms. The van der Waals surface area contributed by atoms with Gasteiger partial charge >= 0.3 is 0 Å². The average molecular weight is 349 g/mol. The van der Waals surface area contributed by atoms with Crippen LogP contribution in [0.25, 0.3) is 0 Å². The van der Waals surface area contributed by atoms with Gasteiger partial charge in [0.25, 0.3) is 0 Å². The van der Waals surface area contributed by atoms with Crippen LogP contribution < -0.4 is 0 Å². The summed E-state index contributed by atoms with van der Waals surface area (Å²) in [6.07, 6.45) is 7.95.